The minimum Gasteiger partial charge on any atom is -0.489 e. The number of rotatable bonds is 7. The molecule has 1 aliphatic heterocycles. The highest BCUT2D eigenvalue weighted by molar-refractivity contribution is 8.01. The van der Waals surface area contributed by atoms with Crippen LogP contribution in [0.4, 0.5) is 5.13 Å². The van der Waals surface area contributed by atoms with Gasteiger partial charge in [-0.15, -0.1) is 10.2 Å². The molecule has 0 amide bonds. The summed E-state index contributed by atoms with van der Waals surface area (Å²) < 4.78 is 6.76. The number of hydrogen-bond donors (Lipinski definition) is 1. The lowest BCUT2D eigenvalue weighted by Gasteiger charge is -2.38. The molecule has 2 aromatic carbocycles. The van der Waals surface area contributed by atoms with Crippen LogP contribution in [0.2, 0.25) is 0 Å². The van der Waals surface area contributed by atoms with Crippen molar-refractivity contribution < 1.29 is 9.53 Å². The summed E-state index contributed by atoms with van der Waals surface area (Å²) in [5, 5.41) is 19.4. The minimum atomic E-state index is -0.519. The van der Waals surface area contributed by atoms with Gasteiger partial charge in [0.25, 0.3) is 0 Å². The van der Waals surface area contributed by atoms with Crippen molar-refractivity contribution in [2.75, 3.05) is 10.7 Å². The summed E-state index contributed by atoms with van der Waals surface area (Å²) in [6, 6.07) is 19.8. The number of thioether (sulfide) groups is 1. The van der Waals surface area contributed by atoms with E-state index < -0.39 is 5.92 Å². The van der Waals surface area contributed by atoms with E-state index >= 15 is 0 Å². The van der Waals surface area contributed by atoms with Crippen LogP contribution in [-0.4, -0.2) is 21.7 Å². The standard InChI is InChI=1S/C27H25N5O2S2/c1-2-35-27-31-30-26(36-27)32-21-9-6-10-22(33)24(21)23(20(15-28)25(32)29)18-11-13-19(14-12-18)34-16-17-7-4-3-5-8-17/h3-5,7-8,11-14,23H,2,6,9-10,16,29H2,1H3. The molecule has 2 heterocycles. The Morgan fingerprint density at radius 1 is 1.17 bits per heavy atom. The molecule has 7 nitrogen and oxygen atoms in total. The Morgan fingerprint density at radius 2 is 1.94 bits per heavy atom. The van der Waals surface area contributed by atoms with Crippen LogP contribution >= 0.6 is 23.1 Å². The van der Waals surface area contributed by atoms with E-state index in [1.807, 2.05) is 54.6 Å². The third-order valence-electron chi connectivity index (χ3n) is 6.23. The van der Waals surface area contributed by atoms with Crippen molar-refractivity contribution in [1.29, 1.82) is 5.26 Å². The molecule has 0 fully saturated rings. The fraction of sp³-hybridized carbons (Fsp3) is 0.259. The molecule has 0 radical (unpaired) electrons. The van der Waals surface area contributed by atoms with Crippen molar-refractivity contribution >= 4 is 34.0 Å². The quantitative estimate of drug-likeness (QED) is 0.409. The number of Topliss-reactive ketones (excluding diaryl/α,β-unsaturated/α-hetero) is 1. The Bertz CT molecular complexity index is 1370. The first kappa shape index (κ1) is 24.1. The van der Waals surface area contributed by atoms with Crippen molar-refractivity contribution in [2.45, 2.75) is 43.1 Å². The molecular formula is C27H25N5O2S2. The third-order valence-corrected chi connectivity index (χ3v) is 8.15. The van der Waals surface area contributed by atoms with Gasteiger partial charge in [-0.3, -0.25) is 9.69 Å². The van der Waals surface area contributed by atoms with Crippen molar-refractivity contribution in [3.63, 3.8) is 0 Å². The van der Waals surface area contributed by atoms with Gasteiger partial charge < -0.3 is 10.5 Å². The van der Waals surface area contributed by atoms with E-state index in [9.17, 15) is 10.1 Å². The summed E-state index contributed by atoms with van der Waals surface area (Å²) in [6.45, 7) is 2.51. The molecule has 1 aliphatic carbocycles. The van der Waals surface area contributed by atoms with E-state index in [1.54, 1.807) is 16.7 Å². The van der Waals surface area contributed by atoms with Gasteiger partial charge in [-0.2, -0.15) is 5.26 Å². The highest BCUT2D eigenvalue weighted by Crippen LogP contribution is 2.47. The molecule has 9 heteroatoms. The number of anilines is 1. The number of nitrogens with zero attached hydrogens (tertiary/aromatic N) is 4. The predicted octanol–water partition coefficient (Wildman–Crippen LogP) is 5.53. The fourth-order valence-electron chi connectivity index (χ4n) is 4.61. The second-order valence-electron chi connectivity index (χ2n) is 8.44. The Hall–Kier alpha value is -3.61. The van der Waals surface area contributed by atoms with Gasteiger partial charge in [0.1, 0.15) is 18.2 Å². The molecule has 0 saturated heterocycles. The predicted molar refractivity (Wildman–Crippen MR) is 141 cm³/mol. The number of aromatic nitrogens is 2. The van der Waals surface area contributed by atoms with Crippen LogP contribution in [0.25, 0.3) is 0 Å². The molecule has 2 N–H and O–H groups in total. The Morgan fingerprint density at radius 3 is 2.67 bits per heavy atom. The lowest BCUT2D eigenvalue weighted by atomic mass is 9.76. The van der Waals surface area contributed by atoms with Crippen LogP contribution in [0.1, 0.15) is 43.2 Å². The molecule has 1 atom stereocenters. The maximum Gasteiger partial charge on any atom is 0.219 e. The second-order valence-corrected chi connectivity index (χ2v) is 10.9. The van der Waals surface area contributed by atoms with E-state index in [4.69, 9.17) is 10.5 Å². The normalized spacial score (nSPS) is 17.7. The summed E-state index contributed by atoms with van der Waals surface area (Å²) in [6.07, 6.45) is 1.87. The highest BCUT2D eigenvalue weighted by atomic mass is 32.2. The number of hydrogen-bond acceptors (Lipinski definition) is 9. The summed E-state index contributed by atoms with van der Waals surface area (Å²) in [5.41, 5.74) is 10.3. The van der Waals surface area contributed by atoms with Crippen molar-refractivity contribution in [2.24, 2.45) is 5.73 Å². The number of nitrogens with two attached hydrogens (primary N) is 1. The molecule has 36 heavy (non-hydrogen) atoms. The van der Waals surface area contributed by atoms with E-state index in [0.717, 1.165) is 39.1 Å². The van der Waals surface area contributed by atoms with E-state index in [0.29, 0.717) is 41.5 Å². The average Bonchev–Trinajstić information content (AvgIpc) is 3.36. The van der Waals surface area contributed by atoms with Crippen molar-refractivity contribution in [3.05, 3.63) is 88.4 Å². The van der Waals surface area contributed by atoms with E-state index in [2.05, 4.69) is 23.2 Å². The summed E-state index contributed by atoms with van der Waals surface area (Å²) in [4.78, 5) is 15.0. The zero-order valence-electron chi connectivity index (χ0n) is 19.8. The maximum absolute atomic E-state index is 13.3. The van der Waals surface area contributed by atoms with Crippen molar-refractivity contribution in [3.8, 4) is 11.8 Å². The number of ketones is 1. The van der Waals surface area contributed by atoms with Gasteiger partial charge in [-0.25, -0.2) is 0 Å². The maximum atomic E-state index is 13.3. The molecule has 0 saturated carbocycles. The van der Waals surface area contributed by atoms with Crippen LogP contribution in [0.3, 0.4) is 0 Å². The zero-order chi connectivity index (χ0) is 25.1. The molecule has 182 valence electrons. The number of carbonyl (C=O) groups excluding carboxylic acids is 1. The molecule has 2 aliphatic rings. The fourth-order valence-corrected chi connectivity index (χ4v) is 6.39. The number of benzene rings is 2. The Kier molecular flexibility index (Phi) is 7.07. The first-order valence-electron chi connectivity index (χ1n) is 11.8. The van der Waals surface area contributed by atoms with Crippen LogP contribution < -0.4 is 15.4 Å². The smallest absolute Gasteiger partial charge is 0.219 e. The molecular weight excluding hydrogens is 490 g/mol. The zero-order valence-corrected chi connectivity index (χ0v) is 21.4. The van der Waals surface area contributed by atoms with Gasteiger partial charge in [-0.05, 0) is 41.9 Å². The van der Waals surface area contributed by atoms with Gasteiger partial charge in [0.2, 0.25) is 5.13 Å². The molecule has 0 spiro atoms. The summed E-state index contributed by atoms with van der Waals surface area (Å²) in [7, 11) is 0. The number of nitriles is 1. The van der Waals surface area contributed by atoms with Gasteiger partial charge in [-0.1, -0.05) is 72.5 Å². The van der Waals surface area contributed by atoms with Gasteiger partial charge in [0.15, 0.2) is 10.1 Å². The lowest BCUT2D eigenvalue weighted by molar-refractivity contribution is -0.116. The van der Waals surface area contributed by atoms with Crippen LogP contribution in [0.5, 0.6) is 5.75 Å². The number of allylic oxidation sites excluding steroid dienone is 3. The Labute approximate surface area is 218 Å². The van der Waals surface area contributed by atoms with Gasteiger partial charge in [0, 0.05) is 17.7 Å². The van der Waals surface area contributed by atoms with Gasteiger partial charge >= 0.3 is 0 Å². The summed E-state index contributed by atoms with van der Waals surface area (Å²) in [5.74, 6) is 1.43. The largest absolute Gasteiger partial charge is 0.489 e. The Balaban J connectivity index is 1.50. The average molecular weight is 516 g/mol. The molecule has 3 aromatic rings. The van der Waals surface area contributed by atoms with Crippen molar-refractivity contribution in [1.82, 2.24) is 10.2 Å². The minimum absolute atomic E-state index is 0.0450. The first-order chi connectivity index (χ1) is 17.6. The first-order valence-corrected chi connectivity index (χ1v) is 13.6. The highest BCUT2D eigenvalue weighted by Gasteiger charge is 2.41. The third kappa shape index (κ3) is 4.62. The lowest BCUT2D eigenvalue weighted by Crippen LogP contribution is -2.38. The second kappa shape index (κ2) is 10.6. The molecule has 0 bridgehead atoms. The monoisotopic (exact) mass is 515 g/mol. The molecule has 1 aromatic heterocycles. The number of carbonyl (C=O) groups is 1. The van der Waals surface area contributed by atoms with Gasteiger partial charge in [0.05, 0.1) is 17.6 Å². The number of ether oxygens (including phenoxy) is 1. The molecule has 5 rings (SSSR count). The molecule has 1 unspecified atom stereocenters. The van der Waals surface area contributed by atoms with E-state index in [-0.39, 0.29) is 5.78 Å². The van der Waals surface area contributed by atoms with Crippen LogP contribution in [0.15, 0.2) is 81.6 Å². The van der Waals surface area contributed by atoms with Crippen LogP contribution in [0, 0.1) is 11.3 Å². The van der Waals surface area contributed by atoms with Crippen LogP contribution in [-0.2, 0) is 11.4 Å². The summed E-state index contributed by atoms with van der Waals surface area (Å²) >= 11 is 3.02. The SMILES string of the molecule is CCSc1nnc(N2C(N)=C(C#N)C(c3ccc(OCc4ccccc4)cc3)C3=C2CCCC3=O)s1. The van der Waals surface area contributed by atoms with E-state index in [1.165, 1.54) is 11.3 Å². The topological polar surface area (TPSA) is 105 Å².